The van der Waals surface area contributed by atoms with Crippen LogP contribution in [0.2, 0.25) is 0 Å². The number of hydrogen-bond donors (Lipinski definition) is 4. The van der Waals surface area contributed by atoms with Gasteiger partial charge in [0.25, 0.3) is 8.40 Å². The number of benzene rings is 2. The molecule has 2 fully saturated rings. The highest BCUT2D eigenvalue weighted by Crippen LogP contribution is 2.52. The molecule has 2 heterocycles. The van der Waals surface area contributed by atoms with E-state index < -0.39 is 29.8 Å². The lowest BCUT2D eigenvalue weighted by Crippen LogP contribution is -2.78. The Hall–Kier alpha value is -1.20. The zero-order valence-electron chi connectivity index (χ0n) is 18.9. The second-order valence-corrected chi connectivity index (χ2v) is 14.7. The second kappa shape index (κ2) is 11.7. The van der Waals surface area contributed by atoms with Crippen LogP contribution in [0, 0.1) is 5.41 Å². The Morgan fingerprint density at radius 1 is 0.853 bits per heavy atom. The van der Waals surface area contributed by atoms with Crippen LogP contribution in [0.1, 0.15) is 0 Å². The Morgan fingerprint density at radius 2 is 1.38 bits per heavy atom. The van der Waals surface area contributed by atoms with E-state index in [1.807, 2.05) is 36.4 Å². The Labute approximate surface area is 201 Å². The summed E-state index contributed by atoms with van der Waals surface area (Å²) in [6.07, 6.45) is 0. The summed E-state index contributed by atoms with van der Waals surface area (Å²) < 4.78 is 45.8. The third-order valence-electron chi connectivity index (χ3n) is 5.84. The topological polar surface area (TPSA) is 133 Å². The lowest BCUT2D eigenvalue weighted by atomic mass is 9.93. The summed E-state index contributed by atoms with van der Waals surface area (Å²) in [4.78, 5) is 7.42. The maximum atomic E-state index is 13.0. The van der Waals surface area contributed by atoms with Gasteiger partial charge in [-0.25, -0.2) is 9.65 Å². The van der Waals surface area contributed by atoms with Crippen LogP contribution in [0.25, 0.3) is 0 Å². The molecule has 4 rings (SSSR count). The van der Waals surface area contributed by atoms with E-state index in [1.165, 1.54) is 10.4 Å². The predicted molar refractivity (Wildman–Crippen MR) is 134 cm³/mol. The van der Waals surface area contributed by atoms with Crippen molar-refractivity contribution in [2.45, 2.75) is 0 Å². The van der Waals surface area contributed by atoms with Crippen LogP contribution in [0.15, 0.2) is 60.7 Å². The van der Waals surface area contributed by atoms with Gasteiger partial charge in [0.1, 0.15) is 0 Å². The van der Waals surface area contributed by atoms with Gasteiger partial charge in [0.2, 0.25) is 0 Å². The Balaban J connectivity index is 1.40. The summed E-state index contributed by atoms with van der Waals surface area (Å²) in [5, 5.41) is 5.28. The van der Waals surface area contributed by atoms with Crippen molar-refractivity contribution in [2.24, 2.45) is 11.1 Å². The van der Waals surface area contributed by atoms with Gasteiger partial charge in [-0.3, -0.25) is 13.6 Å². The molecule has 0 radical (unpaired) electrons. The Kier molecular flexibility index (Phi) is 8.90. The van der Waals surface area contributed by atoms with Crippen molar-refractivity contribution in [1.29, 1.82) is 0 Å². The molecule has 0 unspecified atom stereocenters. The van der Waals surface area contributed by atoms with E-state index in [4.69, 9.17) is 23.8 Å². The number of hydrogen-bond acceptors (Lipinski definition) is 9. The molecule has 34 heavy (non-hydrogen) atoms. The third kappa shape index (κ3) is 6.13. The molecule has 0 aliphatic carbocycles. The number of rotatable bonds is 10. The van der Waals surface area contributed by atoms with Gasteiger partial charge in [0.15, 0.2) is 0 Å². The van der Waals surface area contributed by atoms with Gasteiger partial charge in [-0.1, -0.05) is 60.7 Å². The van der Waals surface area contributed by atoms with Gasteiger partial charge in [-0.15, -0.1) is 0 Å². The molecule has 0 aromatic heterocycles. The minimum absolute atomic E-state index is 0.143. The third-order valence-corrected chi connectivity index (χ3v) is 12.1. The molecule has 5 N–H and O–H groups in total. The van der Waals surface area contributed by atoms with E-state index in [9.17, 15) is 9.13 Å². The summed E-state index contributed by atoms with van der Waals surface area (Å²) in [5.41, 5.74) is 5.26. The maximum absolute atomic E-state index is 13.0. The maximum Gasteiger partial charge on any atom is 0.405 e. The highest BCUT2D eigenvalue weighted by Gasteiger charge is 2.45. The molecule has 186 valence electrons. The van der Waals surface area contributed by atoms with Crippen LogP contribution in [0.4, 0.5) is 0 Å². The van der Waals surface area contributed by atoms with Gasteiger partial charge in [0.05, 0.1) is 31.8 Å². The Morgan fingerprint density at radius 3 is 1.91 bits per heavy atom. The van der Waals surface area contributed by atoms with Crippen molar-refractivity contribution in [1.82, 2.24) is 15.1 Å². The van der Waals surface area contributed by atoms with E-state index in [2.05, 4.69) is 39.3 Å². The molecular formula is C21H32N4O6P2Si. The van der Waals surface area contributed by atoms with Crippen molar-refractivity contribution < 1.29 is 27.2 Å². The SMILES string of the molecule is NCCN[Si](NCCNP1(=O)OCC2(CO[PH](=O)OC2)CO1)(c1ccccc1)c1ccccc1. The average molecular weight is 527 g/mol. The average Bonchev–Trinajstić information content (AvgIpc) is 2.89. The lowest BCUT2D eigenvalue weighted by molar-refractivity contribution is -0.0652. The quantitative estimate of drug-likeness (QED) is 0.198. The second-order valence-electron chi connectivity index (χ2n) is 8.40. The monoisotopic (exact) mass is 526 g/mol. The number of nitrogens with two attached hydrogens (primary N) is 1. The van der Waals surface area contributed by atoms with Crippen LogP contribution < -0.4 is 31.2 Å². The van der Waals surface area contributed by atoms with E-state index in [-0.39, 0.29) is 26.4 Å². The first-order valence-electron chi connectivity index (χ1n) is 11.2. The van der Waals surface area contributed by atoms with Gasteiger partial charge in [-0.05, 0) is 10.4 Å². The molecule has 0 atom stereocenters. The minimum atomic E-state index is -3.46. The Bertz CT molecular complexity index is 940. The minimum Gasteiger partial charge on any atom is -0.329 e. The summed E-state index contributed by atoms with van der Waals surface area (Å²) in [6, 6.07) is 20.5. The zero-order valence-corrected chi connectivity index (χ0v) is 21.8. The van der Waals surface area contributed by atoms with Crippen LogP contribution >= 0.6 is 16.0 Å². The summed E-state index contributed by atoms with van der Waals surface area (Å²) in [7, 11) is -8.48. The fourth-order valence-electron chi connectivity index (χ4n) is 4.00. The zero-order chi connectivity index (χ0) is 23.9. The molecule has 2 aromatic rings. The lowest BCUT2D eigenvalue weighted by Gasteiger charge is -2.40. The van der Waals surface area contributed by atoms with Crippen LogP contribution in [-0.2, 0) is 27.2 Å². The first kappa shape index (κ1) is 25.9. The van der Waals surface area contributed by atoms with Gasteiger partial charge in [0, 0.05) is 26.2 Å². The van der Waals surface area contributed by atoms with Crippen molar-refractivity contribution in [3.05, 3.63) is 60.7 Å². The number of nitrogens with one attached hydrogen (secondary N) is 3. The van der Waals surface area contributed by atoms with Gasteiger partial charge in [-0.2, -0.15) is 0 Å². The fourth-order valence-corrected chi connectivity index (χ4v) is 10.1. The predicted octanol–water partition coefficient (Wildman–Crippen LogP) is 0.548. The van der Waals surface area contributed by atoms with Crippen molar-refractivity contribution in [3.8, 4) is 0 Å². The van der Waals surface area contributed by atoms with Crippen molar-refractivity contribution >= 4 is 34.8 Å². The largest absolute Gasteiger partial charge is 0.405 e. The van der Waals surface area contributed by atoms with E-state index in [0.29, 0.717) is 26.2 Å². The summed E-state index contributed by atoms with van der Waals surface area (Å²) in [6.45, 7) is 2.72. The van der Waals surface area contributed by atoms with Gasteiger partial charge >= 0.3 is 16.0 Å². The molecule has 0 saturated carbocycles. The molecule has 0 bridgehead atoms. The molecular weight excluding hydrogens is 494 g/mol. The van der Waals surface area contributed by atoms with Crippen LogP contribution in [0.3, 0.4) is 0 Å². The summed E-state index contributed by atoms with van der Waals surface area (Å²) in [5.74, 6) is 0. The van der Waals surface area contributed by atoms with Crippen LogP contribution in [-0.4, -0.2) is 61.0 Å². The van der Waals surface area contributed by atoms with E-state index in [1.54, 1.807) is 0 Å². The summed E-state index contributed by atoms with van der Waals surface area (Å²) >= 11 is 0. The molecule has 2 aromatic carbocycles. The molecule has 2 saturated heterocycles. The smallest absolute Gasteiger partial charge is 0.329 e. The van der Waals surface area contributed by atoms with Gasteiger partial charge < -0.3 is 24.7 Å². The molecule has 0 amide bonds. The van der Waals surface area contributed by atoms with E-state index in [0.717, 1.165) is 0 Å². The molecule has 1 spiro atoms. The molecule has 2 aliphatic heterocycles. The van der Waals surface area contributed by atoms with Crippen molar-refractivity contribution in [3.63, 3.8) is 0 Å². The molecule has 2 aliphatic rings. The highest BCUT2D eigenvalue weighted by molar-refractivity contribution is 7.51. The molecule has 13 heteroatoms. The van der Waals surface area contributed by atoms with E-state index >= 15 is 0 Å². The highest BCUT2D eigenvalue weighted by atomic mass is 31.2. The molecule has 10 nitrogen and oxygen atoms in total. The standard InChI is InChI=1S/C21H32N4O6P2Si/c22-11-12-24-34(19-7-3-1-4-8-19,20-9-5-2-6-10-20)25-14-13-23-33(27)30-17-21(18-31-33)15-28-32(26)29-16-21/h1-10,24-25,32H,11-18,22H2,(H,23,27). The first-order chi connectivity index (χ1) is 16.5. The van der Waals surface area contributed by atoms with Crippen molar-refractivity contribution in [2.75, 3.05) is 52.6 Å². The normalized spacial score (nSPS) is 27.6. The fraction of sp³-hybridized carbons (Fsp3) is 0.429. The van der Waals surface area contributed by atoms with Crippen LogP contribution in [0.5, 0.6) is 0 Å². The first-order valence-corrected chi connectivity index (χ1v) is 16.0.